The van der Waals surface area contributed by atoms with Crippen molar-refractivity contribution in [3.05, 3.63) is 11.8 Å². The van der Waals surface area contributed by atoms with Crippen LogP contribution in [-0.2, 0) is 9.53 Å². The monoisotopic (exact) mass is 138 g/mol. The first kappa shape index (κ1) is 5.96. The van der Waals surface area contributed by atoms with E-state index in [1.54, 1.807) is 0 Å². The van der Waals surface area contributed by atoms with Crippen LogP contribution in [0.3, 0.4) is 0 Å². The molecule has 54 valence electrons. The van der Waals surface area contributed by atoms with Crippen molar-refractivity contribution >= 4 is 5.97 Å². The fraction of sp³-hybridized carbons (Fsp3) is 0.625. The molecule has 1 fully saturated rings. The summed E-state index contributed by atoms with van der Waals surface area (Å²) in [5.41, 5.74) is 0. The van der Waals surface area contributed by atoms with Crippen molar-refractivity contribution in [2.75, 3.05) is 0 Å². The van der Waals surface area contributed by atoms with E-state index in [0.29, 0.717) is 12.3 Å². The van der Waals surface area contributed by atoms with E-state index in [-0.39, 0.29) is 5.97 Å². The fourth-order valence-corrected chi connectivity index (χ4v) is 1.34. The van der Waals surface area contributed by atoms with E-state index in [4.69, 9.17) is 4.74 Å². The van der Waals surface area contributed by atoms with Crippen LogP contribution in [0.25, 0.3) is 0 Å². The Kier molecular flexibility index (Phi) is 1.26. The number of esters is 1. The summed E-state index contributed by atoms with van der Waals surface area (Å²) in [6, 6.07) is 0. The van der Waals surface area contributed by atoms with Crippen molar-refractivity contribution in [2.24, 2.45) is 5.92 Å². The van der Waals surface area contributed by atoms with Gasteiger partial charge in [0.05, 0.1) is 6.42 Å². The molecule has 0 aromatic heterocycles. The highest BCUT2D eigenvalue weighted by Gasteiger charge is 2.27. The van der Waals surface area contributed by atoms with E-state index < -0.39 is 0 Å². The predicted molar refractivity (Wildman–Crippen MR) is 36.1 cm³/mol. The molecule has 2 nitrogen and oxygen atoms in total. The van der Waals surface area contributed by atoms with Gasteiger partial charge in [0, 0.05) is 5.92 Å². The van der Waals surface area contributed by atoms with Gasteiger partial charge >= 0.3 is 5.97 Å². The summed E-state index contributed by atoms with van der Waals surface area (Å²) in [4.78, 5) is 10.6. The molecule has 0 spiro atoms. The van der Waals surface area contributed by atoms with Crippen molar-refractivity contribution in [3.8, 4) is 0 Å². The Hall–Kier alpha value is -0.790. The summed E-state index contributed by atoms with van der Waals surface area (Å²) >= 11 is 0. The van der Waals surface area contributed by atoms with Gasteiger partial charge in [-0.1, -0.05) is 6.42 Å². The van der Waals surface area contributed by atoms with Crippen LogP contribution in [0.15, 0.2) is 11.8 Å². The zero-order chi connectivity index (χ0) is 6.97. The summed E-state index contributed by atoms with van der Waals surface area (Å²) in [5, 5.41) is 0. The van der Waals surface area contributed by atoms with Crippen molar-refractivity contribution in [3.63, 3.8) is 0 Å². The van der Waals surface area contributed by atoms with Gasteiger partial charge in [0.15, 0.2) is 0 Å². The van der Waals surface area contributed by atoms with Gasteiger partial charge in [0.1, 0.15) is 5.76 Å². The second kappa shape index (κ2) is 2.11. The molecule has 2 aliphatic rings. The van der Waals surface area contributed by atoms with Crippen molar-refractivity contribution in [2.45, 2.75) is 25.7 Å². The number of ether oxygens (including phenoxy) is 1. The molecule has 1 heterocycles. The number of carbonyl (C=O) groups is 1. The quantitative estimate of drug-likeness (QED) is 0.514. The second-order valence-corrected chi connectivity index (χ2v) is 2.91. The highest BCUT2D eigenvalue weighted by molar-refractivity contribution is 5.75. The van der Waals surface area contributed by atoms with Gasteiger partial charge in [-0.15, -0.1) is 0 Å². The lowest BCUT2D eigenvalue weighted by Gasteiger charge is -2.24. The van der Waals surface area contributed by atoms with Crippen molar-refractivity contribution < 1.29 is 9.53 Å². The molecule has 0 unspecified atom stereocenters. The van der Waals surface area contributed by atoms with Crippen LogP contribution in [0, 0.1) is 5.92 Å². The average molecular weight is 138 g/mol. The van der Waals surface area contributed by atoms with Gasteiger partial charge in [-0.2, -0.15) is 0 Å². The lowest BCUT2D eigenvalue weighted by molar-refractivity contribution is -0.137. The lowest BCUT2D eigenvalue weighted by atomic mass is 9.84. The second-order valence-electron chi connectivity index (χ2n) is 2.91. The topological polar surface area (TPSA) is 26.3 Å². The third-order valence-electron chi connectivity index (χ3n) is 2.21. The SMILES string of the molecule is O=C1CC=C(C2CCC2)O1. The predicted octanol–water partition coefficient (Wildman–Crippen LogP) is 1.62. The lowest BCUT2D eigenvalue weighted by Crippen LogP contribution is -2.14. The molecule has 0 atom stereocenters. The minimum absolute atomic E-state index is 0.0816. The smallest absolute Gasteiger partial charge is 0.314 e. The van der Waals surface area contributed by atoms with Gasteiger partial charge in [-0.05, 0) is 18.9 Å². The number of hydrogen-bond donors (Lipinski definition) is 0. The molecule has 1 saturated carbocycles. The molecule has 0 N–H and O–H groups in total. The molecular weight excluding hydrogens is 128 g/mol. The number of rotatable bonds is 1. The maximum Gasteiger partial charge on any atom is 0.314 e. The van der Waals surface area contributed by atoms with Crippen LogP contribution >= 0.6 is 0 Å². The summed E-state index contributed by atoms with van der Waals surface area (Å²) in [7, 11) is 0. The minimum Gasteiger partial charge on any atom is -0.431 e. The van der Waals surface area contributed by atoms with E-state index in [1.165, 1.54) is 19.3 Å². The minimum atomic E-state index is -0.0816. The Morgan fingerprint density at radius 1 is 1.50 bits per heavy atom. The van der Waals surface area contributed by atoms with Gasteiger partial charge < -0.3 is 4.74 Å². The summed E-state index contributed by atoms with van der Waals surface area (Å²) in [6.45, 7) is 0. The number of cyclic esters (lactones) is 1. The van der Waals surface area contributed by atoms with Crippen LogP contribution in [0.4, 0.5) is 0 Å². The molecule has 2 rings (SSSR count). The van der Waals surface area contributed by atoms with Crippen LogP contribution in [0.1, 0.15) is 25.7 Å². The molecule has 0 aromatic rings. The van der Waals surface area contributed by atoms with E-state index in [2.05, 4.69) is 0 Å². The summed E-state index contributed by atoms with van der Waals surface area (Å²) in [6.07, 6.45) is 6.12. The molecule has 0 saturated heterocycles. The first-order valence-electron chi connectivity index (χ1n) is 3.77. The molecule has 1 aliphatic carbocycles. The largest absolute Gasteiger partial charge is 0.431 e. The molecule has 0 amide bonds. The fourth-order valence-electron chi connectivity index (χ4n) is 1.34. The van der Waals surface area contributed by atoms with Crippen molar-refractivity contribution in [1.82, 2.24) is 0 Å². The summed E-state index contributed by atoms with van der Waals surface area (Å²) in [5.74, 6) is 1.43. The molecule has 0 bridgehead atoms. The third kappa shape index (κ3) is 0.838. The highest BCUT2D eigenvalue weighted by atomic mass is 16.5. The van der Waals surface area contributed by atoms with Crippen LogP contribution in [-0.4, -0.2) is 5.97 Å². The maximum atomic E-state index is 10.6. The summed E-state index contributed by atoms with van der Waals surface area (Å²) < 4.78 is 4.99. The van der Waals surface area contributed by atoms with Crippen molar-refractivity contribution in [1.29, 1.82) is 0 Å². The van der Waals surface area contributed by atoms with E-state index in [1.807, 2.05) is 6.08 Å². The number of carbonyl (C=O) groups excluding carboxylic acids is 1. The molecule has 0 radical (unpaired) electrons. The maximum absolute atomic E-state index is 10.6. The molecule has 0 aromatic carbocycles. The first-order chi connectivity index (χ1) is 4.86. The van der Waals surface area contributed by atoms with Crippen LogP contribution in [0.5, 0.6) is 0 Å². The Morgan fingerprint density at radius 2 is 2.30 bits per heavy atom. The molecule has 10 heavy (non-hydrogen) atoms. The standard InChI is InChI=1S/C8H10O2/c9-8-5-4-7(10-8)6-2-1-3-6/h4,6H,1-3,5H2. The zero-order valence-corrected chi connectivity index (χ0v) is 5.80. The van der Waals surface area contributed by atoms with Gasteiger partial charge in [-0.25, -0.2) is 0 Å². The van der Waals surface area contributed by atoms with Gasteiger partial charge in [-0.3, -0.25) is 4.79 Å². The Morgan fingerprint density at radius 3 is 2.70 bits per heavy atom. The van der Waals surface area contributed by atoms with Gasteiger partial charge in [0.2, 0.25) is 0 Å². The normalized spacial score (nSPS) is 25.6. The average Bonchev–Trinajstić information content (AvgIpc) is 2.10. The Balaban J connectivity index is 1.99. The van der Waals surface area contributed by atoms with E-state index in [9.17, 15) is 4.79 Å². The number of hydrogen-bond acceptors (Lipinski definition) is 2. The molecule has 2 heteroatoms. The number of allylic oxidation sites excluding steroid dienone is 1. The zero-order valence-electron chi connectivity index (χ0n) is 5.80. The third-order valence-corrected chi connectivity index (χ3v) is 2.21. The van der Waals surface area contributed by atoms with E-state index >= 15 is 0 Å². The van der Waals surface area contributed by atoms with Crippen LogP contribution < -0.4 is 0 Å². The first-order valence-corrected chi connectivity index (χ1v) is 3.77. The molecule has 1 aliphatic heterocycles. The van der Waals surface area contributed by atoms with Gasteiger partial charge in [0.25, 0.3) is 0 Å². The Bertz CT molecular complexity index is 189. The van der Waals surface area contributed by atoms with E-state index in [0.717, 1.165) is 5.76 Å². The highest BCUT2D eigenvalue weighted by Crippen LogP contribution is 2.35. The Labute approximate surface area is 59.9 Å². The molecular formula is C8H10O2. The van der Waals surface area contributed by atoms with Crippen LogP contribution in [0.2, 0.25) is 0 Å².